The second-order valence-electron chi connectivity index (χ2n) is 18.0. The standard InChI is InChI=1S/C44H56F2N4O6SSi/c1-26(2)58(27(3)4,28(5)6)19-17-29-14-13-15-30-20-32(55-25-54-11)21-33(36(29)30)37-35(45)22-34-39(38(37)46)47-41(57(12,52)53)48-40(34)49-23-31-16-18-44(10,24-49)50(31)42(51)56-43(7,8)9/h13-15,20-22,26-28,31H,16,18,23-25H2,1-12H3/t31-,44+/m1/s1. The predicted molar refractivity (Wildman–Crippen MR) is 228 cm³/mol. The number of hydrogen-bond acceptors (Lipinski definition) is 9. The fourth-order valence-corrected chi connectivity index (χ4v) is 15.1. The molecule has 14 heteroatoms. The average Bonchev–Trinajstić information content (AvgIpc) is 3.33. The number of amides is 1. The number of rotatable bonds is 9. The van der Waals surface area contributed by atoms with Crippen LogP contribution in [0.1, 0.15) is 87.6 Å². The summed E-state index contributed by atoms with van der Waals surface area (Å²) in [5, 5.41) is 0.588. The smallest absolute Gasteiger partial charge is 0.411 e. The van der Waals surface area contributed by atoms with Crippen molar-refractivity contribution in [2.45, 2.75) is 121 Å². The Hall–Kier alpha value is -4.32. The first-order chi connectivity index (χ1) is 27.0. The second kappa shape index (κ2) is 15.7. The van der Waals surface area contributed by atoms with Gasteiger partial charge in [0.15, 0.2) is 12.6 Å². The molecule has 0 N–H and O–H groups in total. The van der Waals surface area contributed by atoms with Crippen LogP contribution in [0, 0.1) is 23.1 Å². The Kier molecular flexibility index (Phi) is 11.7. The number of nitrogens with zero attached hydrogens (tertiary/aromatic N) is 4. The molecule has 1 amide bonds. The van der Waals surface area contributed by atoms with Crippen LogP contribution in [0.25, 0.3) is 32.8 Å². The van der Waals surface area contributed by atoms with Crippen LogP contribution in [0.3, 0.4) is 0 Å². The average molecular weight is 835 g/mol. The number of carbonyl (C=O) groups excluding carboxylic acids is 1. The number of methoxy groups -OCH3 is 1. The maximum absolute atomic E-state index is 17.5. The molecule has 2 fully saturated rings. The highest BCUT2D eigenvalue weighted by atomic mass is 32.2. The van der Waals surface area contributed by atoms with Crippen molar-refractivity contribution in [1.29, 1.82) is 0 Å². The second-order valence-corrected chi connectivity index (χ2v) is 25.5. The number of piperazine rings is 1. The quantitative estimate of drug-likeness (QED) is 0.0705. The summed E-state index contributed by atoms with van der Waals surface area (Å²) in [5.74, 6) is 1.94. The van der Waals surface area contributed by atoms with Crippen LogP contribution in [0.4, 0.5) is 19.4 Å². The van der Waals surface area contributed by atoms with E-state index in [1.54, 1.807) is 37.8 Å². The maximum atomic E-state index is 17.5. The van der Waals surface area contributed by atoms with Gasteiger partial charge in [0.1, 0.15) is 36.6 Å². The molecule has 3 heterocycles. The van der Waals surface area contributed by atoms with Crippen LogP contribution in [0.15, 0.2) is 41.6 Å². The molecular weight excluding hydrogens is 779 g/mol. The molecule has 10 nitrogen and oxygen atoms in total. The molecule has 0 radical (unpaired) electrons. The van der Waals surface area contributed by atoms with Crippen molar-refractivity contribution >= 4 is 51.5 Å². The number of anilines is 1. The van der Waals surface area contributed by atoms with Crippen LogP contribution in [-0.2, 0) is 19.3 Å². The number of benzene rings is 3. The molecule has 1 aromatic heterocycles. The summed E-state index contributed by atoms with van der Waals surface area (Å²) >= 11 is 0. The van der Waals surface area contributed by atoms with E-state index >= 15 is 8.78 Å². The van der Waals surface area contributed by atoms with Gasteiger partial charge in [0.25, 0.3) is 0 Å². The molecular formula is C44H56F2N4O6SSi. The zero-order valence-electron chi connectivity index (χ0n) is 35.7. The van der Waals surface area contributed by atoms with Gasteiger partial charge >= 0.3 is 6.09 Å². The van der Waals surface area contributed by atoms with Gasteiger partial charge in [-0.05, 0) is 86.8 Å². The lowest BCUT2D eigenvalue weighted by atomic mass is 9.92. The predicted octanol–water partition coefficient (Wildman–Crippen LogP) is 9.66. The highest BCUT2D eigenvalue weighted by molar-refractivity contribution is 7.90. The fourth-order valence-electron chi connectivity index (χ4n) is 9.40. The van der Waals surface area contributed by atoms with Crippen molar-refractivity contribution in [3.63, 3.8) is 0 Å². The van der Waals surface area contributed by atoms with E-state index in [0.29, 0.717) is 51.6 Å². The highest BCUT2D eigenvalue weighted by Gasteiger charge is 2.52. The minimum Gasteiger partial charge on any atom is -0.468 e. The molecule has 312 valence electrons. The molecule has 58 heavy (non-hydrogen) atoms. The summed E-state index contributed by atoms with van der Waals surface area (Å²) < 4.78 is 77.6. The summed E-state index contributed by atoms with van der Waals surface area (Å²) in [4.78, 5) is 25.7. The van der Waals surface area contributed by atoms with E-state index in [4.69, 9.17) is 14.2 Å². The van der Waals surface area contributed by atoms with Crippen molar-refractivity contribution in [2.24, 2.45) is 0 Å². The van der Waals surface area contributed by atoms with E-state index in [0.717, 1.165) is 6.26 Å². The molecule has 6 rings (SSSR count). The first kappa shape index (κ1) is 43.3. The Morgan fingerprint density at radius 1 is 1.05 bits per heavy atom. The van der Waals surface area contributed by atoms with E-state index in [1.165, 1.54) is 13.2 Å². The van der Waals surface area contributed by atoms with Crippen molar-refractivity contribution in [1.82, 2.24) is 14.9 Å². The van der Waals surface area contributed by atoms with Gasteiger partial charge in [0, 0.05) is 48.4 Å². The number of halogens is 2. The lowest BCUT2D eigenvalue weighted by Gasteiger charge is -2.47. The first-order valence-electron chi connectivity index (χ1n) is 19.9. The van der Waals surface area contributed by atoms with Crippen molar-refractivity contribution < 1.29 is 36.2 Å². The topological polar surface area (TPSA) is 111 Å². The summed E-state index contributed by atoms with van der Waals surface area (Å²) in [6.07, 6.45) is 1.82. The number of sulfone groups is 1. The van der Waals surface area contributed by atoms with Crippen LogP contribution in [0.2, 0.25) is 16.6 Å². The third kappa shape index (κ3) is 7.89. The van der Waals surface area contributed by atoms with Crippen LogP contribution < -0.4 is 9.64 Å². The zero-order valence-corrected chi connectivity index (χ0v) is 37.5. The van der Waals surface area contributed by atoms with Gasteiger partial charge in [-0.1, -0.05) is 59.6 Å². The molecule has 0 unspecified atom stereocenters. The molecule has 0 spiro atoms. The van der Waals surface area contributed by atoms with Crippen LogP contribution in [-0.4, -0.2) is 87.9 Å². The molecule has 0 saturated carbocycles. The maximum Gasteiger partial charge on any atom is 0.411 e. The van der Waals surface area contributed by atoms with Crippen LogP contribution in [0.5, 0.6) is 5.75 Å². The Balaban J connectivity index is 1.59. The Morgan fingerprint density at radius 2 is 1.72 bits per heavy atom. The van der Waals surface area contributed by atoms with Crippen molar-refractivity contribution in [3.05, 3.63) is 53.6 Å². The lowest BCUT2D eigenvalue weighted by molar-refractivity contribution is -0.00280. The molecule has 2 aliphatic rings. The monoisotopic (exact) mass is 834 g/mol. The molecule has 2 bridgehead atoms. The zero-order chi connectivity index (χ0) is 42.7. The van der Waals surface area contributed by atoms with Gasteiger partial charge < -0.3 is 19.1 Å². The molecule has 2 saturated heterocycles. The normalized spacial score (nSPS) is 18.7. The molecule has 4 aromatic rings. The Bertz CT molecular complexity index is 2420. The van der Waals surface area contributed by atoms with Crippen molar-refractivity contribution in [2.75, 3.05) is 38.1 Å². The minimum absolute atomic E-state index is 0.0116. The lowest BCUT2D eigenvalue weighted by Crippen LogP contribution is -2.63. The van der Waals surface area contributed by atoms with Crippen molar-refractivity contribution in [3.8, 4) is 28.3 Å². The van der Waals surface area contributed by atoms with Crippen LogP contribution >= 0.6 is 0 Å². The highest BCUT2D eigenvalue weighted by Crippen LogP contribution is 2.45. The van der Waals surface area contributed by atoms with Gasteiger partial charge in [-0.25, -0.2) is 32.0 Å². The molecule has 0 aliphatic carbocycles. The molecule has 2 atom stereocenters. The largest absolute Gasteiger partial charge is 0.468 e. The number of hydrogen-bond donors (Lipinski definition) is 0. The van der Waals surface area contributed by atoms with Gasteiger partial charge in [0.05, 0.1) is 17.1 Å². The summed E-state index contributed by atoms with van der Waals surface area (Å²) in [5.41, 5.74) is 3.43. The van der Waals surface area contributed by atoms with E-state index in [2.05, 4.69) is 63.0 Å². The molecule has 2 aliphatic heterocycles. The fraction of sp³-hybridized carbons (Fsp3) is 0.523. The summed E-state index contributed by atoms with van der Waals surface area (Å²) in [6, 6.07) is 9.78. The number of carbonyl (C=O) groups is 1. The SMILES string of the molecule is COCOc1cc(-c2c(F)cc3c(N4C[C@H]5CC[C@@](C)(C4)N5C(=O)OC(C)(C)C)nc(S(C)(=O)=O)nc3c2F)c2c(C#C[Si](C(C)C)(C(C)C)C(C)C)cccc2c1. The van der Waals surface area contributed by atoms with E-state index in [1.807, 2.05) is 30.0 Å². The number of aromatic nitrogens is 2. The molecule has 3 aromatic carbocycles. The Labute approximate surface area is 342 Å². The van der Waals surface area contributed by atoms with Gasteiger partial charge in [-0.2, -0.15) is 0 Å². The van der Waals surface area contributed by atoms with Gasteiger partial charge in [-0.3, -0.25) is 4.90 Å². The van der Waals surface area contributed by atoms with Gasteiger partial charge in [0.2, 0.25) is 15.0 Å². The van der Waals surface area contributed by atoms with E-state index in [9.17, 15) is 13.2 Å². The third-order valence-corrected chi connectivity index (χ3v) is 19.0. The minimum atomic E-state index is -4.07. The third-order valence-electron chi connectivity index (χ3n) is 11.8. The Morgan fingerprint density at radius 3 is 2.31 bits per heavy atom. The summed E-state index contributed by atoms with van der Waals surface area (Å²) in [6.45, 7) is 21.1. The van der Waals surface area contributed by atoms with E-state index < -0.39 is 57.5 Å². The van der Waals surface area contributed by atoms with Gasteiger partial charge in [-0.15, -0.1) is 5.54 Å². The van der Waals surface area contributed by atoms with E-state index in [-0.39, 0.29) is 48.2 Å². The number of ether oxygens (including phenoxy) is 3. The summed E-state index contributed by atoms with van der Waals surface area (Å²) in [7, 11) is -4.81. The number of fused-ring (bicyclic) bond motifs is 4. The first-order valence-corrected chi connectivity index (χ1v) is 24.0.